The number of nitrogens with zero attached hydrogens (tertiary/aromatic N) is 1. The van der Waals surface area contributed by atoms with Crippen LogP contribution < -0.4 is 0 Å². The predicted molar refractivity (Wildman–Crippen MR) is 71.7 cm³/mol. The van der Waals surface area contributed by atoms with Gasteiger partial charge in [-0.3, -0.25) is 0 Å². The van der Waals surface area contributed by atoms with E-state index in [4.69, 9.17) is 9.72 Å². The second-order valence-corrected chi connectivity index (χ2v) is 7.60. The van der Waals surface area contributed by atoms with Crippen LogP contribution in [0.3, 0.4) is 0 Å². The summed E-state index contributed by atoms with van der Waals surface area (Å²) in [6.07, 6.45) is 3.60. The van der Waals surface area contributed by atoms with E-state index in [1.807, 2.05) is 0 Å². The van der Waals surface area contributed by atoms with Crippen molar-refractivity contribution in [2.24, 2.45) is 5.41 Å². The van der Waals surface area contributed by atoms with Crippen LogP contribution in [-0.4, -0.2) is 16.7 Å². The molecule has 0 spiro atoms. The van der Waals surface area contributed by atoms with Gasteiger partial charge in [0.1, 0.15) is 10.6 Å². The largest absolute Gasteiger partial charge is 0.387 e. The summed E-state index contributed by atoms with van der Waals surface area (Å²) in [5, 5.41) is 11.3. The second-order valence-electron chi connectivity index (χ2n) is 6.57. The molecule has 1 fully saturated rings. The first-order valence-electron chi connectivity index (χ1n) is 6.72. The van der Waals surface area contributed by atoms with Gasteiger partial charge < -0.3 is 9.84 Å². The molecule has 1 aromatic rings. The van der Waals surface area contributed by atoms with Gasteiger partial charge in [0.2, 0.25) is 0 Å². The number of aliphatic hydroxyl groups is 1. The van der Waals surface area contributed by atoms with Crippen molar-refractivity contribution in [3.05, 3.63) is 15.6 Å². The highest BCUT2D eigenvalue weighted by atomic mass is 32.1. The van der Waals surface area contributed by atoms with Crippen molar-refractivity contribution in [2.75, 3.05) is 6.61 Å². The molecule has 3 rings (SSSR count). The van der Waals surface area contributed by atoms with E-state index in [0.29, 0.717) is 0 Å². The van der Waals surface area contributed by atoms with Crippen molar-refractivity contribution in [1.82, 2.24) is 4.98 Å². The van der Waals surface area contributed by atoms with Crippen LogP contribution in [0.25, 0.3) is 0 Å². The van der Waals surface area contributed by atoms with Crippen LogP contribution >= 0.6 is 11.3 Å². The van der Waals surface area contributed by atoms with Gasteiger partial charge in [-0.15, -0.1) is 11.3 Å². The lowest BCUT2D eigenvalue weighted by atomic mass is 9.77. The molecule has 1 saturated heterocycles. The smallest absolute Gasteiger partial charge is 0.125 e. The Kier molecular flexibility index (Phi) is 2.81. The highest BCUT2D eigenvalue weighted by Crippen LogP contribution is 2.46. The topological polar surface area (TPSA) is 42.4 Å². The van der Waals surface area contributed by atoms with Crippen LogP contribution in [0.2, 0.25) is 0 Å². The first kappa shape index (κ1) is 12.6. The lowest BCUT2D eigenvalue weighted by Gasteiger charge is -2.31. The normalized spacial score (nSPS) is 34.6. The van der Waals surface area contributed by atoms with Crippen LogP contribution in [0.15, 0.2) is 0 Å². The van der Waals surface area contributed by atoms with Crippen LogP contribution in [0.1, 0.15) is 61.7 Å². The van der Waals surface area contributed by atoms with E-state index in [-0.39, 0.29) is 17.1 Å². The molecule has 18 heavy (non-hydrogen) atoms. The maximum Gasteiger partial charge on any atom is 0.125 e. The summed E-state index contributed by atoms with van der Waals surface area (Å²) < 4.78 is 5.86. The van der Waals surface area contributed by atoms with Gasteiger partial charge in [-0.05, 0) is 38.0 Å². The maximum atomic E-state index is 10.3. The number of aliphatic hydroxyl groups excluding tert-OH is 1. The van der Waals surface area contributed by atoms with E-state index in [1.54, 1.807) is 11.3 Å². The van der Waals surface area contributed by atoms with Crippen molar-refractivity contribution in [3.8, 4) is 0 Å². The minimum Gasteiger partial charge on any atom is -0.387 e. The molecule has 0 radical (unpaired) electrons. The zero-order valence-electron chi connectivity index (χ0n) is 11.3. The molecule has 2 aliphatic rings. The third kappa shape index (κ3) is 2.00. The molecule has 3 nitrogen and oxygen atoms in total. The Morgan fingerprint density at radius 3 is 2.83 bits per heavy atom. The van der Waals surface area contributed by atoms with Crippen molar-refractivity contribution in [1.29, 1.82) is 0 Å². The summed E-state index contributed by atoms with van der Waals surface area (Å²) in [5.74, 6) is 0. The quantitative estimate of drug-likeness (QED) is 0.849. The monoisotopic (exact) mass is 267 g/mol. The molecule has 1 aromatic heterocycles. The molecule has 4 heteroatoms. The highest BCUT2D eigenvalue weighted by molar-refractivity contribution is 7.12. The molecule has 2 atom stereocenters. The molecule has 1 N–H and O–H groups in total. The van der Waals surface area contributed by atoms with Gasteiger partial charge in [-0.25, -0.2) is 4.98 Å². The lowest BCUT2D eigenvalue weighted by Crippen LogP contribution is -2.25. The van der Waals surface area contributed by atoms with Crippen LogP contribution in [-0.2, 0) is 16.8 Å². The molecule has 0 bridgehead atoms. The molecule has 1 aliphatic heterocycles. The Morgan fingerprint density at radius 2 is 2.17 bits per heavy atom. The summed E-state index contributed by atoms with van der Waals surface area (Å²) in [6.45, 7) is 7.36. The first-order valence-corrected chi connectivity index (χ1v) is 7.53. The predicted octanol–water partition coefficient (Wildman–Crippen LogP) is 3.17. The van der Waals surface area contributed by atoms with Crippen molar-refractivity contribution in [2.45, 2.75) is 58.2 Å². The highest BCUT2D eigenvalue weighted by Gasteiger charge is 2.39. The fourth-order valence-corrected chi connectivity index (χ4v) is 4.26. The standard InChI is InChI=1S/C14H21NO2S/c1-13(2)7-9-11(10(16)8-13)18-12(15-9)14(3)5-4-6-17-14/h10,16H,4-8H2,1-3H3. The molecule has 2 unspecified atom stereocenters. The molecule has 0 amide bonds. The zero-order valence-corrected chi connectivity index (χ0v) is 12.1. The first-order chi connectivity index (χ1) is 8.40. The maximum absolute atomic E-state index is 10.3. The third-order valence-corrected chi connectivity index (χ3v) is 5.54. The minimum absolute atomic E-state index is 0.148. The van der Waals surface area contributed by atoms with E-state index in [0.717, 1.165) is 47.9 Å². The van der Waals surface area contributed by atoms with Crippen LogP contribution in [0.5, 0.6) is 0 Å². The fourth-order valence-electron chi connectivity index (χ4n) is 3.07. The van der Waals surface area contributed by atoms with Crippen molar-refractivity contribution in [3.63, 3.8) is 0 Å². The lowest BCUT2D eigenvalue weighted by molar-refractivity contribution is 0.0164. The van der Waals surface area contributed by atoms with E-state index in [9.17, 15) is 5.11 Å². The molecule has 100 valence electrons. The average Bonchev–Trinajstić information content (AvgIpc) is 2.83. The van der Waals surface area contributed by atoms with E-state index >= 15 is 0 Å². The molecular weight excluding hydrogens is 246 g/mol. The summed E-state index contributed by atoms with van der Waals surface area (Å²) in [7, 11) is 0. The number of fused-ring (bicyclic) bond motifs is 1. The summed E-state index contributed by atoms with van der Waals surface area (Å²) in [4.78, 5) is 5.85. The summed E-state index contributed by atoms with van der Waals surface area (Å²) >= 11 is 1.65. The SMILES string of the molecule is CC1(C)Cc2nc(C3(C)CCCO3)sc2C(O)C1. The van der Waals surface area contributed by atoms with Gasteiger partial charge in [-0.1, -0.05) is 13.8 Å². The Bertz CT molecular complexity index is 460. The molecule has 0 saturated carbocycles. The minimum atomic E-state index is -0.347. The molecular formula is C14H21NO2S. The summed E-state index contributed by atoms with van der Waals surface area (Å²) in [5.41, 5.74) is 1.02. The Hall–Kier alpha value is -0.450. The van der Waals surface area contributed by atoms with E-state index < -0.39 is 0 Å². The number of ether oxygens (including phenoxy) is 1. The Balaban J connectivity index is 1.97. The zero-order chi connectivity index (χ0) is 13.0. The number of aromatic nitrogens is 1. The number of thiazole rings is 1. The van der Waals surface area contributed by atoms with Gasteiger partial charge in [0.15, 0.2) is 0 Å². The summed E-state index contributed by atoms with van der Waals surface area (Å²) in [6, 6.07) is 0. The third-order valence-electron chi connectivity index (χ3n) is 4.09. The van der Waals surface area contributed by atoms with Gasteiger partial charge in [0, 0.05) is 6.61 Å². The van der Waals surface area contributed by atoms with Gasteiger partial charge >= 0.3 is 0 Å². The molecule has 2 heterocycles. The van der Waals surface area contributed by atoms with Gasteiger partial charge in [-0.2, -0.15) is 0 Å². The van der Waals surface area contributed by atoms with E-state index in [2.05, 4.69) is 20.8 Å². The van der Waals surface area contributed by atoms with Crippen LogP contribution in [0, 0.1) is 5.41 Å². The molecule has 0 aromatic carbocycles. The Labute approximate surface area is 112 Å². The number of hydrogen-bond donors (Lipinski definition) is 1. The number of rotatable bonds is 1. The average molecular weight is 267 g/mol. The Morgan fingerprint density at radius 1 is 1.39 bits per heavy atom. The van der Waals surface area contributed by atoms with Crippen molar-refractivity contribution < 1.29 is 9.84 Å². The van der Waals surface area contributed by atoms with Gasteiger partial charge in [0.25, 0.3) is 0 Å². The van der Waals surface area contributed by atoms with Gasteiger partial charge in [0.05, 0.1) is 16.7 Å². The van der Waals surface area contributed by atoms with E-state index in [1.165, 1.54) is 0 Å². The molecule has 1 aliphatic carbocycles. The second kappa shape index (κ2) is 4.02. The van der Waals surface area contributed by atoms with Crippen molar-refractivity contribution >= 4 is 11.3 Å². The number of hydrogen-bond acceptors (Lipinski definition) is 4. The van der Waals surface area contributed by atoms with Crippen LogP contribution in [0.4, 0.5) is 0 Å². The fraction of sp³-hybridized carbons (Fsp3) is 0.786.